The number of likely N-dealkylation sites (tertiary alicyclic amines) is 1. The van der Waals surface area contributed by atoms with Gasteiger partial charge < -0.3 is 20.5 Å². The van der Waals surface area contributed by atoms with E-state index in [1.165, 1.54) is 13.3 Å². The number of alkyl halides is 3. The van der Waals surface area contributed by atoms with Crippen LogP contribution in [-0.2, 0) is 6.18 Å². The van der Waals surface area contributed by atoms with E-state index < -0.39 is 17.8 Å². The van der Waals surface area contributed by atoms with Crippen LogP contribution in [0.4, 0.5) is 24.7 Å². The maximum atomic E-state index is 13.6. The number of nitrogens with two attached hydrogens (primary N) is 1. The summed E-state index contributed by atoms with van der Waals surface area (Å²) in [6.07, 6.45) is -3.24. The average molecular weight is 516 g/mol. The maximum absolute atomic E-state index is 13.6. The Kier molecular flexibility index (Phi) is 6.34. The van der Waals surface area contributed by atoms with Crippen LogP contribution in [0.15, 0.2) is 24.3 Å². The van der Waals surface area contributed by atoms with Gasteiger partial charge in [-0.05, 0) is 75.4 Å². The molecule has 2 aliphatic rings. The standard InChI is InChI=1S/C27H32F3N5O2/c1-13-18(7-17(31)8-21(13)27(28,29)30)14(2)32-26-20-9-25(24(36-5)10-22(20)33-15(3)34-26)37-12-23-19-6-16(19)11-35(23)4/h7-10,14,16,19,23H,6,11-12,31H2,1-5H3,(H,32,33,34)/t14-,16?,19?,23-/m1/s1. The lowest BCUT2D eigenvalue weighted by atomic mass is 9.96. The quantitative estimate of drug-likeness (QED) is 0.410. The van der Waals surface area contributed by atoms with Crippen LogP contribution in [0.5, 0.6) is 11.5 Å². The second-order valence-electron chi connectivity index (χ2n) is 10.3. The summed E-state index contributed by atoms with van der Waals surface area (Å²) in [7, 11) is 3.71. The summed E-state index contributed by atoms with van der Waals surface area (Å²) in [6.45, 7) is 6.66. The summed E-state index contributed by atoms with van der Waals surface area (Å²) in [4.78, 5) is 11.5. The molecule has 0 amide bonds. The number of aromatic nitrogens is 2. The highest BCUT2D eigenvalue weighted by atomic mass is 19.4. The summed E-state index contributed by atoms with van der Waals surface area (Å²) >= 11 is 0. The Hall–Kier alpha value is -3.27. The lowest BCUT2D eigenvalue weighted by Gasteiger charge is -2.24. The third-order valence-electron chi connectivity index (χ3n) is 7.66. The van der Waals surface area contributed by atoms with E-state index >= 15 is 0 Å². The van der Waals surface area contributed by atoms with Crippen molar-refractivity contribution < 1.29 is 22.6 Å². The molecule has 2 fully saturated rings. The zero-order valence-corrected chi connectivity index (χ0v) is 21.6. The topological polar surface area (TPSA) is 85.5 Å². The van der Waals surface area contributed by atoms with Crippen molar-refractivity contribution in [3.8, 4) is 11.5 Å². The van der Waals surface area contributed by atoms with Gasteiger partial charge in [0.05, 0.1) is 24.2 Å². The normalized spacial score (nSPS) is 22.1. The van der Waals surface area contributed by atoms with Gasteiger partial charge in [0.25, 0.3) is 0 Å². The van der Waals surface area contributed by atoms with Gasteiger partial charge in [0, 0.05) is 29.7 Å². The minimum atomic E-state index is -4.50. The Bertz CT molecular complexity index is 1340. The molecule has 2 unspecified atom stereocenters. The number of fused-ring (bicyclic) bond motifs is 2. The van der Waals surface area contributed by atoms with Gasteiger partial charge in [-0.1, -0.05) is 0 Å². The third kappa shape index (κ3) is 4.86. The fourth-order valence-corrected chi connectivity index (χ4v) is 5.63. The van der Waals surface area contributed by atoms with Gasteiger partial charge in [0.2, 0.25) is 0 Å². The molecule has 1 saturated carbocycles. The van der Waals surface area contributed by atoms with Gasteiger partial charge >= 0.3 is 6.18 Å². The Morgan fingerprint density at radius 3 is 2.57 bits per heavy atom. The average Bonchev–Trinajstić information content (AvgIpc) is 3.50. The highest BCUT2D eigenvalue weighted by molar-refractivity contribution is 5.92. The molecule has 0 bridgehead atoms. The van der Waals surface area contributed by atoms with Crippen molar-refractivity contribution >= 4 is 22.4 Å². The Labute approximate surface area is 214 Å². The summed E-state index contributed by atoms with van der Waals surface area (Å²) < 4.78 is 52.6. The van der Waals surface area contributed by atoms with Crippen molar-refractivity contribution in [3.05, 3.63) is 46.8 Å². The fourth-order valence-electron chi connectivity index (χ4n) is 5.63. The van der Waals surface area contributed by atoms with Crippen molar-refractivity contribution in [1.82, 2.24) is 14.9 Å². The highest BCUT2D eigenvalue weighted by Crippen LogP contribution is 2.49. The molecule has 37 heavy (non-hydrogen) atoms. The SMILES string of the molecule is COc1cc2nc(C)nc(N[C@H](C)c3cc(N)cc(C(F)(F)F)c3C)c2cc1OC[C@@H]1C2CC2CN1C. The number of nitrogens with one attached hydrogen (secondary N) is 1. The molecule has 7 nitrogen and oxygen atoms in total. The monoisotopic (exact) mass is 515 g/mol. The van der Waals surface area contributed by atoms with Gasteiger partial charge in [0.1, 0.15) is 18.2 Å². The van der Waals surface area contributed by atoms with Crippen LogP contribution in [0, 0.1) is 25.7 Å². The summed E-state index contributed by atoms with van der Waals surface area (Å²) in [5.74, 6) is 3.63. The first-order valence-electron chi connectivity index (χ1n) is 12.4. The number of nitrogens with zero attached hydrogens (tertiary/aromatic N) is 3. The third-order valence-corrected chi connectivity index (χ3v) is 7.66. The fraction of sp³-hybridized carbons (Fsp3) is 0.481. The van der Waals surface area contributed by atoms with Gasteiger partial charge in [-0.25, -0.2) is 9.97 Å². The molecule has 198 valence electrons. The second-order valence-corrected chi connectivity index (χ2v) is 10.3. The molecule has 10 heteroatoms. The zero-order chi connectivity index (χ0) is 26.6. The lowest BCUT2D eigenvalue weighted by Crippen LogP contribution is -2.34. The second kappa shape index (κ2) is 9.24. The Morgan fingerprint density at radius 1 is 1.16 bits per heavy atom. The molecule has 5 rings (SSSR count). The number of anilines is 2. The number of likely N-dealkylation sites (N-methyl/N-ethyl adjacent to an activating group) is 1. The summed E-state index contributed by atoms with van der Waals surface area (Å²) in [5, 5.41) is 3.98. The van der Waals surface area contributed by atoms with E-state index in [0.717, 1.165) is 18.5 Å². The van der Waals surface area contributed by atoms with Crippen molar-refractivity contribution in [3.63, 3.8) is 0 Å². The Morgan fingerprint density at radius 2 is 1.92 bits per heavy atom. The lowest BCUT2D eigenvalue weighted by molar-refractivity contribution is -0.138. The number of halogens is 3. The molecule has 1 aliphatic carbocycles. The molecule has 1 aliphatic heterocycles. The molecule has 4 atom stereocenters. The highest BCUT2D eigenvalue weighted by Gasteiger charge is 2.51. The number of methoxy groups -OCH3 is 1. The minimum Gasteiger partial charge on any atom is -0.493 e. The van der Waals surface area contributed by atoms with Crippen molar-refractivity contribution in [1.29, 1.82) is 0 Å². The van der Waals surface area contributed by atoms with E-state index in [4.69, 9.17) is 15.2 Å². The molecule has 2 heterocycles. The number of benzene rings is 2. The predicted molar refractivity (Wildman–Crippen MR) is 137 cm³/mol. The predicted octanol–water partition coefficient (Wildman–Crippen LogP) is 5.36. The van der Waals surface area contributed by atoms with Gasteiger partial charge in [-0.3, -0.25) is 4.90 Å². The van der Waals surface area contributed by atoms with E-state index in [1.54, 1.807) is 33.1 Å². The van der Waals surface area contributed by atoms with Crippen LogP contribution in [0.3, 0.4) is 0 Å². The first kappa shape index (κ1) is 25.4. The number of piperidine rings is 1. The number of nitrogen functional groups attached to an aromatic ring is 1. The van der Waals surface area contributed by atoms with Crippen LogP contribution >= 0.6 is 0 Å². The van der Waals surface area contributed by atoms with Crippen molar-refractivity contribution in [2.24, 2.45) is 11.8 Å². The molecule has 2 aromatic carbocycles. The van der Waals surface area contributed by atoms with Gasteiger partial charge in [-0.15, -0.1) is 0 Å². The number of aryl methyl sites for hydroxylation is 1. The molecule has 0 radical (unpaired) electrons. The first-order valence-corrected chi connectivity index (χ1v) is 12.4. The van der Waals surface area contributed by atoms with Gasteiger partial charge in [-0.2, -0.15) is 13.2 Å². The van der Waals surface area contributed by atoms with Crippen molar-refractivity contribution in [2.45, 2.75) is 45.5 Å². The molecule has 0 spiro atoms. The van der Waals surface area contributed by atoms with Crippen LogP contribution in [0.2, 0.25) is 0 Å². The molecule has 1 saturated heterocycles. The van der Waals surface area contributed by atoms with Crippen LogP contribution in [0.1, 0.15) is 41.9 Å². The molecule has 3 N–H and O–H groups in total. The zero-order valence-electron chi connectivity index (χ0n) is 21.6. The summed E-state index contributed by atoms with van der Waals surface area (Å²) in [6, 6.07) is 6.05. The van der Waals surface area contributed by atoms with Crippen LogP contribution in [0.25, 0.3) is 10.9 Å². The van der Waals surface area contributed by atoms with Crippen LogP contribution < -0.4 is 20.5 Å². The number of rotatable bonds is 7. The minimum absolute atomic E-state index is 0.0560. The van der Waals surface area contributed by atoms with Gasteiger partial charge in [0.15, 0.2) is 11.5 Å². The maximum Gasteiger partial charge on any atom is 0.416 e. The van der Waals surface area contributed by atoms with E-state index in [1.807, 2.05) is 6.07 Å². The van der Waals surface area contributed by atoms with E-state index in [-0.39, 0.29) is 11.3 Å². The van der Waals surface area contributed by atoms with E-state index in [0.29, 0.717) is 58.2 Å². The van der Waals surface area contributed by atoms with Crippen LogP contribution in [-0.4, -0.2) is 48.2 Å². The smallest absolute Gasteiger partial charge is 0.416 e. The molecule has 3 aromatic rings. The van der Waals surface area contributed by atoms with E-state index in [9.17, 15) is 13.2 Å². The Balaban J connectivity index is 1.48. The summed E-state index contributed by atoms with van der Waals surface area (Å²) in [5.41, 5.74) is 6.38. The number of hydrogen-bond donors (Lipinski definition) is 2. The number of hydrogen-bond acceptors (Lipinski definition) is 7. The largest absolute Gasteiger partial charge is 0.493 e. The molecular formula is C27H32F3N5O2. The van der Waals surface area contributed by atoms with Crippen molar-refractivity contribution in [2.75, 3.05) is 38.4 Å². The molecule has 1 aromatic heterocycles. The molecular weight excluding hydrogens is 483 g/mol. The van der Waals surface area contributed by atoms with E-state index in [2.05, 4.69) is 27.2 Å². The number of ether oxygens (including phenoxy) is 2. The first-order chi connectivity index (χ1) is 17.5.